The second-order valence-electron chi connectivity index (χ2n) is 7.87. The minimum Gasteiger partial charge on any atom is -0.300 e. The fourth-order valence-electron chi connectivity index (χ4n) is 3.77. The predicted octanol–water partition coefficient (Wildman–Crippen LogP) is 2.70. The summed E-state index contributed by atoms with van der Waals surface area (Å²) in [6, 6.07) is 15.7. The van der Waals surface area contributed by atoms with Crippen molar-refractivity contribution in [2.75, 3.05) is 43.2 Å². The lowest BCUT2D eigenvalue weighted by Gasteiger charge is -2.34. The summed E-state index contributed by atoms with van der Waals surface area (Å²) < 4.78 is 27.8. The number of benzene rings is 2. The molecule has 2 aromatic carbocycles. The highest BCUT2D eigenvalue weighted by Gasteiger charge is 2.20. The predicted molar refractivity (Wildman–Crippen MR) is 124 cm³/mol. The molecular weight excluding hydrogens is 430 g/mol. The van der Waals surface area contributed by atoms with Crippen LogP contribution in [-0.2, 0) is 16.6 Å². The van der Waals surface area contributed by atoms with E-state index in [9.17, 15) is 18.5 Å². The lowest BCUT2D eigenvalue weighted by molar-refractivity contribution is -0.384. The second kappa shape index (κ2) is 9.60. The van der Waals surface area contributed by atoms with E-state index in [0.29, 0.717) is 12.2 Å². The van der Waals surface area contributed by atoms with Crippen LogP contribution in [0.4, 0.5) is 11.4 Å². The van der Waals surface area contributed by atoms with Crippen molar-refractivity contribution in [3.05, 3.63) is 76.5 Å². The van der Waals surface area contributed by atoms with Crippen LogP contribution in [0, 0.1) is 10.1 Å². The highest BCUT2D eigenvalue weighted by molar-refractivity contribution is 7.92. The van der Waals surface area contributed by atoms with Gasteiger partial charge in [0, 0.05) is 68.7 Å². The van der Waals surface area contributed by atoms with Crippen LogP contribution in [0.25, 0.3) is 10.9 Å². The van der Waals surface area contributed by atoms with Crippen LogP contribution < -0.4 is 4.72 Å². The Labute approximate surface area is 186 Å². The summed E-state index contributed by atoms with van der Waals surface area (Å²) in [5, 5.41) is 11.7. The van der Waals surface area contributed by atoms with Crippen LogP contribution in [0.1, 0.15) is 5.56 Å². The van der Waals surface area contributed by atoms with E-state index in [-0.39, 0.29) is 11.4 Å². The summed E-state index contributed by atoms with van der Waals surface area (Å²) in [5.41, 5.74) is 2.48. The normalized spacial score (nSPS) is 15.6. The van der Waals surface area contributed by atoms with E-state index in [1.54, 1.807) is 36.5 Å². The van der Waals surface area contributed by atoms with Gasteiger partial charge >= 0.3 is 0 Å². The van der Waals surface area contributed by atoms with Gasteiger partial charge in [-0.3, -0.25) is 29.6 Å². The molecule has 1 aliphatic heterocycles. The average molecular weight is 456 g/mol. The van der Waals surface area contributed by atoms with Crippen molar-refractivity contribution in [3.8, 4) is 0 Å². The second-order valence-corrected chi connectivity index (χ2v) is 9.72. The molecule has 168 valence electrons. The van der Waals surface area contributed by atoms with Crippen molar-refractivity contribution >= 4 is 32.3 Å². The molecule has 0 radical (unpaired) electrons. The van der Waals surface area contributed by atoms with Gasteiger partial charge in [-0.2, -0.15) is 0 Å². The summed E-state index contributed by atoms with van der Waals surface area (Å²) in [5.74, 6) is 0.0282. The van der Waals surface area contributed by atoms with Gasteiger partial charge in [0.05, 0.1) is 16.2 Å². The van der Waals surface area contributed by atoms with E-state index >= 15 is 0 Å². The first-order valence-electron chi connectivity index (χ1n) is 10.4. The number of nitrogens with zero attached hydrogens (tertiary/aromatic N) is 4. The molecule has 1 fully saturated rings. The Hall–Kier alpha value is -3.08. The molecule has 10 heteroatoms. The van der Waals surface area contributed by atoms with Crippen molar-refractivity contribution in [2.45, 2.75) is 6.54 Å². The Kier molecular flexibility index (Phi) is 6.63. The van der Waals surface area contributed by atoms with Gasteiger partial charge < -0.3 is 0 Å². The monoisotopic (exact) mass is 455 g/mol. The van der Waals surface area contributed by atoms with Gasteiger partial charge in [0.25, 0.3) is 5.69 Å². The van der Waals surface area contributed by atoms with Crippen LogP contribution in [0.5, 0.6) is 0 Å². The lowest BCUT2D eigenvalue weighted by atomic mass is 10.2. The number of nitro benzene ring substituents is 1. The SMILES string of the molecule is O=[N+]([O-])c1ccc(CN2CCN(CCS(=O)(=O)Nc3ccc4ncccc4c3)CC2)cc1. The smallest absolute Gasteiger partial charge is 0.269 e. The summed E-state index contributed by atoms with van der Waals surface area (Å²) in [6.45, 7) is 4.40. The van der Waals surface area contributed by atoms with E-state index in [4.69, 9.17) is 0 Å². The van der Waals surface area contributed by atoms with Gasteiger partial charge in [0.1, 0.15) is 0 Å². The van der Waals surface area contributed by atoms with Gasteiger partial charge in [0.15, 0.2) is 0 Å². The maximum atomic E-state index is 12.5. The molecule has 0 amide bonds. The Morgan fingerprint density at radius 3 is 2.44 bits per heavy atom. The summed E-state index contributed by atoms with van der Waals surface area (Å²) >= 11 is 0. The molecule has 2 heterocycles. The summed E-state index contributed by atoms with van der Waals surface area (Å²) in [7, 11) is -3.46. The van der Waals surface area contributed by atoms with Crippen molar-refractivity contribution in [2.24, 2.45) is 0 Å². The molecule has 1 aromatic heterocycles. The zero-order valence-electron chi connectivity index (χ0n) is 17.6. The Balaban J connectivity index is 1.24. The molecule has 4 rings (SSSR count). The Morgan fingerprint density at radius 1 is 1.00 bits per heavy atom. The molecule has 1 saturated heterocycles. The van der Waals surface area contributed by atoms with Crippen molar-refractivity contribution in [3.63, 3.8) is 0 Å². The molecule has 0 unspecified atom stereocenters. The fourth-order valence-corrected chi connectivity index (χ4v) is 4.86. The highest BCUT2D eigenvalue weighted by Crippen LogP contribution is 2.18. The first kappa shape index (κ1) is 22.1. The van der Waals surface area contributed by atoms with Crippen LogP contribution in [0.15, 0.2) is 60.8 Å². The number of nitrogens with one attached hydrogen (secondary N) is 1. The quantitative estimate of drug-likeness (QED) is 0.411. The van der Waals surface area contributed by atoms with Gasteiger partial charge in [-0.1, -0.05) is 18.2 Å². The standard InChI is InChI=1S/C22H25N5O4S/c28-27(29)21-6-3-18(4-7-21)17-26-12-10-25(11-13-26)14-15-32(30,31)24-20-5-8-22-19(16-20)2-1-9-23-22/h1-9,16,24H,10-15,17H2. The van der Waals surface area contributed by atoms with Gasteiger partial charge in [-0.05, 0) is 29.8 Å². The molecule has 9 nitrogen and oxygen atoms in total. The third-order valence-corrected chi connectivity index (χ3v) is 6.84. The first-order chi connectivity index (χ1) is 15.4. The lowest BCUT2D eigenvalue weighted by Crippen LogP contribution is -2.47. The van der Waals surface area contributed by atoms with E-state index in [1.807, 2.05) is 12.1 Å². The van der Waals surface area contributed by atoms with E-state index in [2.05, 4.69) is 19.5 Å². The number of hydrogen-bond acceptors (Lipinski definition) is 7. The fraction of sp³-hybridized carbons (Fsp3) is 0.318. The minimum absolute atomic E-state index is 0.0282. The van der Waals surface area contributed by atoms with Crippen LogP contribution in [0.2, 0.25) is 0 Å². The number of rotatable bonds is 8. The van der Waals surface area contributed by atoms with Crippen LogP contribution in [-0.4, -0.2) is 66.6 Å². The highest BCUT2D eigenvalue weighted by atomic mass is 32.2. The molecule has 0 saturated carbocycles. The third kappa shape index (κ3) is 5.78. The van der Waals surface area contributed by atoms with E-state index in [1.165, 1.54) is 12.1 Å². The third-order valence-electron chi connectivity index (χ3n) is 5.57. The number of fused-ring (bicyclic) bond motifs is 1. The van der Waals surface area contributed by atoms with Crippen LogP contribution >= 0.6 is 0 Å². The topological polar surface area (TPSA) is 109 Å². The molecule has 0 spiro atoms. The number of piperazine rings is 1. The molecular formula is C22H25N5O4S. The molecule has 1 N–H and O–H groups in total. The number of hydrogen-bond donors (Lipinski definition) is 1. The minimum atomic E-state index is -3.46. The van der Waals surface area contributed by atoms with Crippen LogP contribution in [0.3, 0.4) is 0 Å². The zero-order chi connectivity index (χ0) is 22.6. The molecule has 1 aliphatic rings. The Bertz CT molecular complexity index is 1190. The van der Waals surface area contributed by atoms with Gasteiger partial charge in [-0.15, -0.1) is 0 Å². The van der Waals surface area contributed by atoms with Crippen molar-refractivity contribution < 1.29 is 13.3 Å². The largest absolute Gasteiger partial charge is 0.300 e. The number of anilines is 1. The van der Waals surface area contributed by atoms with Gasteiger partial charge in [-0.25, -0.2) is 8.42 Å². The van der Waals surface area contributed by atoms with E-state index < -0.39 is 14.9 Å². The zero-order valence-corrected chi connectivity index (χ0v) is 18.4. The number of non-ortho nitro benzene ring substituents is 1. The molecule has 0 atom stereocenters. The number of pyridine rings is 1. The number of nitro groups is 1. The molecule has 0 bridgehead atoms. The molecule has 32 heavy (non-hydrogen) atoms. The number of sulfonamides is 1. The molecule has 0 aliphatic carbocycles. The van der Waals surface area contributed by atoms with Crippen molar-refractivity contribution in [1.29, 1.82) is 0 Å². The summed E-state index contributed by atoms with van der Waals surface area (Å²) in [6.07, 6.45) is 1.71. The maximum Gasteiger partial charge on any atom is 0.269 e. The average Bonchev–Trinajstić information content (AvgIpc) is 2.79. The first-order valence-corrected chi connectivity index (χ1v) is 12.1. The Morgan fingerprint density at radius 2 is 1.72 bits per heavy atom. The van der Waals surface area contributed by atoms with E-state index in [0.717, 1.165) is 49.2 Å². The van der Waals surface area contributed by atoms with Crippen molar-refractivity contribution in [1.82, 2.24) is 14.8 Å². The number of aromatic nitrogens is 1. The van der Waals surface area contributed by atoms with Gasteiger partial charge in [0.2, 0.25) is 10.0 Å². The maximum absolute atomic E-state index is 12.5. The molecule has 3 aromatic rings. The summed E-state index contributed by atoms with van der Waals surface area (Å²) in [4.78, 5) is 19.0.